The van der Waals surface area contributed by atoms with Crippen molar-refractivity contribution in [2.45, 2.75) is 56.4 Å². The first kappa shape index (κ1) is 26.0. The molecule has 3 rings (SSSR count). The summed E-state index contributed by atoms with van der Waals surface area (Å²) in [5.41, 5.74) is 6.68. The molecular weight excluding hydrogens is 431 g/mol. The number of nitrogens with zero attached hydrogens (tertiary/aromatic N) is 3. The van der Waals surface area contributed by atoms with Gasteiger partial charge in [0.15, 0.2) is 0 Å². The van der Waals surface area contributed by atoms with Crippen molar-refractivity contribution in [3.63, 3.8) is 0 Å². The minimum atomic E-state index is -0.254. The highest BCUT2D eigenvalue weighted by Gasteiger charge is 2.36. The minimum Gasteiger partial charge on any atom is -0.342 e. The summed E-state index contributed by atoms with van der Waals surface area (Å²) < 4.78 is 0. The molecule has 2 amide bonds. The number of nitrogens with two attached hydrogens (primary N) is 1. The van der Waals surface area contributed by atoms with Gasteiger partial charge in [-0.1, -0.05) is 25.6 Å². The maximum atomic E-state index is 13.2. The number of aromatic nitrogens is 1. The van der Waals surface area contributed by atoms with Gasteiger partial charge in [0.25, 0.3) is 5.91 Å². The largest absolute Gasteiger partial charge is 0.342 e. The fourth-order valence-corrected chi connectivity index (χ4v) is 4.77. The Morgan fingerprint density at radius 2 is 1.86 bits per heavy atom. The van der Waals surface area contributed by atoms with E-state index in [-0.39, 0.29) is 53.3 Å². The Kier molecular flexibility index (Phi) is 9.73. The SMILES string of the molecule is CC(Sc1ncccc1C(=O)N1CCC(N)C(C)(C)C1)C(=O)N1CCCC1.Cl.Cl. The Morgan fingerprint density at radius 1 is 1.21 bits per heavy atom. The lowest BCUT2D eigenvalue weighted by atomic mass is 9.79. The van der Waals surface area contributed by atoms with Gasteiger partial charge in [-0.2, -0.15) is 0 Å². The van der Waals surface area contributed by atoms with Gasteiger partial charge in [0.1, 0.15) is 5.03 Å². The summed E-state index contributed by atoms with van der Waals surface area (Å²) in [5.74, 6) is 0.109. The second-order valence-electron chi connectivity index (χ2n) is 8.26. The first-order valence-corrected chi connectivity index (χ1v) is 10.6. The molecule has 2 aliphatic heterocycles. The normalized spacial score (nSPS) is 21.7. The fourth-order valence-electron chi connectivity index (χ4n) is 3.78. The van der Waals surface area contributed by atoms with Gasteiger partial charge >= 0.3 is 0 Å². The Morgan fingerprint density at radius 3 is 2.48 bits per heavy atom. The number of halogens is 2. The summed E-state index contributed by atoms with van der Waals surface area (Å²) >= 11 is 1.38. The number of piperidine rings is 1. The monoisotopic (exact) mass is 462 g/mol. The Labute approximate surface area is 190 Å². The number of likely N-dealkylation sites (tertiary alicyclic amines) is 2. The van der Waals surface area contributed by atoms with Crippen LogP contribution in [0.3, 0.4) is 0 Å². The fraction of sp³-hybridized carbons (Fsp3) is 0.650. The molecule has 1 aromatic rings. The zero-order chi connectivity index (χ0) is 19.6. The van der Waals surface area contributed by atoms with Gasteiger partial charge < -0.3 is 15.5 Å². The Bertz CT molecular complexity index is 713. The summed E-state index contributed by atoms with van der Waals surface area (Å²) in [6.45, 7) is 9.07. The van der Waals surface area contributed by atoms with E-state index in [0.29, 0.717) is 23.7 Å². The Hall–Kier alpha value is -1.02. The quantitative estimate of drug-likeness (QED) is 0.694. The van der Waals surface area contributed by atoms with Crippen molar-refractivity contribution in [3.8, 4) is 0 Å². The number of hydrogen-bond donors (Lipinski definition) is 1. The van der Waals surface area contributed by atoms with E-state index in [0.717, 1.165) is 32.4 Å². The van der Waals surface area contributed by atoms with Crippen LogP contribution < -0.4 is 5.73 Å². The van der Waals surface area contributed by atoms with Crippen LogP contribution in [0.2, 0.25) is 0 Å². The van der Waals surface area contributed by atoms with Crippen molar-refractivity contribution in [2.75, 3.05) is 26.2 Å². The smallest absolute Gasteiger partial charge is 0.256 e. The van der Waals surface area contributed by atoms with Crippen molar-refractivity contribution in [1.29, 1.82) is 0 Å². The van der Waals surface area contributed by atoms with E-state index in [1.165, 1.54) is 11.8 Å². The van der Waals surface area contributed by atoms with Crippen LogP contribution in [0.5, 0.6) is 0 Å². The van der Waals surface area contributed by atoms with Crippen molar-refractivity contribution >= 4 is 48.4 Å². The maximum Gasteiger partial charge on any atom is 0.256 e. The number of hydrogen-bond acceptors (Lipinski definition) is 5. The molecule has 0 saturated carbocycles. The second-order valence-corrected chi connectivity index (χ2v) is 9.59. The van der Waals surface area contributed by atoms with E-state index in [9.17, 15) is 9.59 Å². The molecule has 6 nitrogen and oxygen atoms in total. The molecule has 0 radical (unpaired) electrons. The van der Waals surface area contributed by atoms with E-state index in [4.69, 9.17) is 5.73 Å². The van der Waals surface area contributed by atoms with Gasteiger partial charge in [0.05, 0.1) is 10.8 Å². The van der Waals surface area contributed by atoms with Crippen LogP contribution in [0.15, 0.2) is 23.4 Å². The predicted octanol–water partition coefficient (Wildman–Crippen LogP) is 3.23. The van der Waals surface area contributed by atoms with Crippen LogP contribution >= 0.6 is 36.6 Å². The molecule has 164 valence electrons. The molecule has 0 aromatic carbocycles. The lowest BCUT2D eigenvalue weighted by molar-refractivity contribution is -0.129. The topological polar surface area (TPSA) is 79.5 Å². The third-order valence-electron chi connectivity index (χ3n) is 5.65. The number of carbonyl (C=O) groups is 2. The molecule has 0 spiro atoms. The van der Waals surface area contributed by atoms with E-state index < -0.39 is 0 Å². The van der Waals surface area contributed by atoms with Gasteiger partial charge in [-0.15, -0.1) is 24.8 Å². The zero-order valence-electron chi connectivity index (χ0n) is 17.3. The van der Waals surface area contributed by atoms with Gasteiger partial charge in [-0.3, -0.25) is 9.59 Å². The highest BCUT2D eigenvalue weighted by atomic mass is 35.5. The highest BCUT2D eigenvalue weighted by Crippen LogP contribution is 2.31. The van der Waals surface area contributed by atoms with E-state index in [2.05, 4.69) is 18.8 Å². The zero-order valence-corrected chi connectivity index (χ0v) is 19.7. The average Bonchev–Trinajstić information content (AvgIpc) is 3.17. The summed E-state index contributed by atoms with van der Waals surface area (Å²) in [7, 11) is 0. The lowest BCUT2D eigenvalue weighted by Gasteiger charge is -2.42. The molecule has 2 aliphatic rings. The number of carbonyl (C=O) groups excluding carboxylic acids is 2. The molecule has 29 heavy (non-hydrogen) atoms. The van der Waals surface area contributed by atoms with Crippen LogP contribution in [0.4, 0.5) is 0 Å². The minimum absolute atomic E-state index is 0. The van der Waals surface area contributed by atoms with E-state index in [1.54, 1.807) is 12.3 Å². The van der Waals surface area contributed by atoms with Crippen LogP contribution in [-0.2, 0) is 4.79 Å². The summed E-state index contributed by atoms with van der Waals surface area (Å²) in [4.78, 5) is 34.0. The second kappa shape index (κ2) is 10.8. The van der Waals surface area contributed by atoms with Crippen molar-refractivity contribution < 1.29 is 9.59 Å². The average molecular weight is 463 g/mol. The molecule has 2 fully saturated rings. The van der Waals surface area contributed by atoms with Crippen LogP contribution in [0.25, 0.3) is 0 Å². The van der Waals surface area contributed by atoms with Crippen LogP contribution in [0.1, 0.15) is 50.4 Å². The number of thioether (sulfide) groups is 1. The highest BCUT2D eigenvalue weighted by molar-refractivity contribution is 8.00. The lowest BCUT2D eigenvalue weighted by Crippen LogP contribution is -2.54. The van der Waals surface area contributed by atoms with Crippen molar-refractivity contribution in [2.24, 2.45) is 11.1 Å². The first-order valence-electron chi connectivity index (χ1n) is 9.75. The molecule has 0 aliphatic carbocycles. The molecular formula is C20H32Cl2N4O2S. The Balaban J connectivity index is 0.00000210. The van der Waals surface area contributed by atoms with Gasteiger partial charge in [-0.25, -0.2) is 4.98 Å². The predicted molar refractivity (Wildman–Crippen MR) is 122 cm³/mol. The van der Waals surface area contributed by atoms with E-state index in [1.807, 2.05) is 22.8 Å². The molecule has 0 bridgehead atoms. The third-order valence-corrected chi connectivity index (χ3v) is 6.76. The number of rotatable bonds is 4. The van der Waals surface area contributed by atoms with E-state index >= 15 is 0 Å². The maximum absolute atomic E-state index is 13.2. The molecule has 2 saturated heterocycles. The first-order chi connectivity index (χ1) is 12.8. The summed E-state index contributed by atoms with van der Waals surface area (Å²) in [6.07, 6.45) is 4.63. The van der Waals surface area contributed by atoms with Crippen LogP contribution in [-0.4, -0.2) is 64.1 Å². The van der Waals surface area contributed by atoms with Crippen molar-refractivity contribution in [1.82, 2.24) is 14.8 Å². The number of amides is 2. The summed E-state index contributed by atoms with van der Waals surface area (Å²) in [6, 6.07) is 3.69. The molecule has 3 heterocycles. The molecule has 2 atom stereocenters. The van der Waals surface area contributed by atoms with Gasteiger partial charge in [0.2, 0.25) is 5.91 Å². The third kappa shape index (κ3) is 6.00. The van der Waals surface area contributed by atoms with Gasteiger partial charge in [-0.05, 0) is 43.7 Å². The van der Waals surface area contributed by atoms with Crippen molar-refractivity contribution in [3.05, 3.63) is 23.9 Å². The standard InChI is InChI=1S/C20H30N4O2S.2ClH/c1-14(18(25)23-10-4-5-11-23)27-17-15(7-6-9-22-17)19(26)24-12-8-16(21)20(2,3)13-24;;/h6-7,9,14,16H,4-5,8,10-13,21H2,1-3H3;2*1H. The summed E-state index contributed by atoms with van der Waals surface area (Å²) in [5, 5.41) is 0.381. The number of pyridine rings is 1. The molecule has 1 aromatic heterocycles. The molecule has 2 unspecified atom stereocenters. The van der Waals surface area contributed by atoms with Gasteiger partial charge in [0, 0.05) is 38.4 Å². The molecule has 9 heteroatoms. The molecule has 2 N–H and O–H groups in total. The van der Waals surface area contributed by atoms with Crippen LogP contribution in [0, 0.1) is 5.41 Å².